The van der Waals surface area contributed by atoms with Gasteiger partial charge in [-0.15, -0.1) is 0 Å². The second-order valence-electron chi connectivity index (χ2n) is 6.70. The number of nitrogens with one attached hydrogen (secondary N) is 2. The van der Waals surface area contributed by atoms with E-state index in [1.165, 1.54) is 12.8 Å². The van der Waals surface area contributed by atoms with Crippen molar-refractivity contribution in [1.82, 2.24) is 5.32 Å². The third-order valence-corrected chi connectivity index (χ3v) is 4.70. The molecule has 0 radical (unpaired) electrons. The van der Waals surface area contributed by atoms with Gasteiger partial charge in [-0.3, -0.25) is 4.79 Å². The molecule has 2 rings (SSSR count). The van der Waals surface area contributed by atoms with Gasteiger partial charge in [0.1, 0.15) is 5.75 Å². The molecule has 1 amide bonds. The number of hydrogen-bond donors (Lipinski definition) is 2. The highest BCUT2D eigenvalue weighted by Gasteiger charge is 2.22. The highest BCUT2D eigenvalue weighted by atomic mass is 16.5. The summed E-state index contributed by atoms with van der Waals surface area (Å²) in [7, 11) is 0. The summed E-state index contributed by atoms with van der Waals surface area (Å²) in [5, 5.41) is 6.41. The maximum Gasteiger partial charge on any atom is 0.224 e. The highest BCUT2D eigenvalue weighted by molar-refractivity contribution is 5.90. The zero-order valence-electron chi connectivity index (χ0n) is 14.6. The number of ether oxygens (including phenoxy) is 1. The quantitative estimate of drug-likeness (QED) is 0.803. The predicted molar refractivity (Wildman–Crippen MR) is 94.8 cm³/mol. The van der Waals surface area contributed by atoms with Crippen molar-refractivity contribution in [2.24, 2.45) is 11.8 Å². The molecule has 3 unspecified atom stereocenters. The van der Waals surface area contributed by atoms with Crippen molar-refractivity contribution in [2.45, 2.75) is 52.6 Å². The number of benzene rings is 1. The molecule has 4 heteroatoms. The van der Waals surface area contributed by atoms with Crippen LogP contribution in [-0.4, -0.2) is 25.1 Å². The number of carbonyl (C=O) groups excluding carboxylic acids is 1. The minimum atomic E-state index is 0.0960. The fraction of sp³-hybridized carbons (Fsp3) is 0.632. The first-order valence-corrected chi connectivity index (χ1v) is 8.85. The van der Waals surface area contributed by atoms with Crippen LogP contribution in [-0.2, 0) is 4.79 Å². The van der Waals surface area contributed by atoms with Crippen LogP contribution >= 0.6 is 0 Å². The fourth-order valence-corrected chi connectivity index (χ4v) is 2.97. The van der Waals surface area contributed by atoms with E-state index in [9.17, 15) is 4.79 Å². The van der Waals surface area contributed by atoms with Gasteiger partial charge in [-0.2, -0.15) is 0 Å². The molecule has 1 aromatic rings. The summed E-state index contributed by atoms with van der Waals surface area (Å²) in [6.45, 7) is 8.48. The Balaban J connectivity index is 1.80. The van der Waals surface area contributed by atoms with Crippen LogP contribution in [0.5, 0.6) is 5.75 Å². The molecule has 0 saturated carbocycles. The normalized spacial score (nSPS) is 20.6. The average Bonchev–Trinajstić information content (AvgIpc) is 2.57. The van der Waals surface area contributed by atoms with E-state index in [-0.39, 0.29) is 12.0 Å². The van der Waals surface area contributed by atoms with Crippen molar-refractivity contribution in [3.8, 4) is 5.75 Å². The van der Waals surface area contributed by atoms with E-state index in [0.717, 1.165) is 30.9 Å². The highest BCUT2D eigenvalue weighted by Crippen LogP contribution is 2.23. The molecule has 4 nitrogen and oxygen atoms in total. The van der Waals surface area contributed by atoms with Gasteiger partial charge in [0.2, 0.25) is 5.91 Å². The molecule has 1 fully saturated rings. The first-order chi connectivity index (χ1) is 11.1. The number of carbonyl (C=O) groups is 1. The standard InChI is InChI=1S/C19H30N2O2/c1-4-15(3)23-18-9-7-17(8-10-18)21-19(22)12-14(2)16-6-5-11-20-13-16/h7-10,14-16,20H,4-6,11-13H2,1-3H3,(H,21,22). The van der Waals surface area contributed by atoms with Gasteiger partial charge in [-0.25, -0.2) is 0 Å². The average molecular weight is 318 g/mol. The van der Waals surface area contributed by atoms with E-state index in [4.69, 9.17) is 4.74 Å². The van der Waals surface area contributed by atoms with Crippen molar-refractivity contribution in [3.63, 3.8) is 0 Å². The summed E-state index contributed by atoms with van der Waals surface area (Å²) in [6.07, 6.45) is 4.21. The molecule has 0 spiro atoms. The number of rotatable bonds is 7. The molecule has 1 aliphatic rings. The van der Waals surface area contributed by atoms with Crippen molar-refractivity contribution >= 4 is 11.6 Å². The maximum absolute atomic E-state index is 12.2. The topological polar surface area (TPSA) is 50.4 Å². The number of anilines is 1. The van der Waals surface area contributed by atoms with Crippen molar-refractivity contribution < 1.29 is 9.53 Å². The van der Waals surface area contributed by atoms with Crippen LogP contribution in [0.2, 0.25) is 0 Å². The Hall–Kier alpha value is -1.55. The lowest BCUT2D eigenvalue weighted by Gasteiger charge is -2.28. The Bertz CT molecular complexity index is 481. The summed E-state index contributed by atoms with van der Waals surface area (Å²) in [5.41, 5.74) is 0.834. The first kappa shape index (κ1) is 17.8. The van der Waals surface area contributed by atoms with E-state index in [1.54, 1.807) is 0 Å². The molecular weight excluding hydrogens is 288 g/mol. The van der Waals surface area contributed by atoms with Crippen LogP contribution in [0, 0.1) is 11.8 Å². The summed E-state index contributed by atoms with van der Waals surface area (Å²) in [5.74, 6) is 1.97. The smallest absolute Gasteiger partial charge is 0.224 e. The van der Waals surface area contributed by atoms with Crippen LogP contribution in [0.3, 0.4) is 0 Å². The van der Waals surface area contributed by atoms with Gasteiger partial charge in [-0.1, -0.05) is 13.8 Å². The lowest BCUT2D eigenvalue weighted by molar-refractivity contribution is -0.117. The third kappa shape index (κ3) is 5.87. The van der Waals surface area contributed by atoms with E-state index in [0.29, 0.717) is 18.3 Å². The summed E-state index contributed by atoms with van der Waals surface area (Å²) in [6, 6.07) is 7.64. The minimum absolute atomic E-state index is 0.0960. The zero-order chi connectivity index (χ0) is 16.7. The molecule has 3 atom stereocenters. The van der Waals surface area contributed by atoms with Gasteiger partial charge in [0.15, 0.2) is 0 Å². The van der Waals surface area contributed by atoms with Gasteiger partial charge in [0, 0.05) is 12.1 Å². The van der Waals surface area contributed by atoms with Crippen LogP contribution in [0.15, 0.2) is 24.3 Å². The van der Waals surface area contributed by atoms with E-state index >= 15 is 0 Å². The van der Waals surface area contributed by atoms with Crippen molar-refractivity contribution in [3.05, 3.63) is 24.3 Å². The lowest BCUT2D eigenvalue weighted by atomic mass is 9.85. The summed E-state index contributed by atoms with van der Waals surface area (Å²) < 4.78 is 5.75. The molecule has 0 bridgehead atoms. The fourth-order valence-electron chi connectivity index (χ4n) is 2.97. The molecule has 1 saturated heterocycles. The Kier molecular flexibility index (Phi) is 6.90. The van der Waals surface area contributed by atoms with Gasteiger partial charge >= 0.3 is 0 Å². The molecule has 2 N–H and O–H groups in total. The molecular formula is C19H30N2O2. The lowest BCUT2D eigenvalue weighted by Crippen LogP contribution is -2.34. The second kappa shape index (κ2) is 8.92. The Morgan fingerprint density at radius 3 is 2.70 bits per heavy atom. The van der Waals surface area contributed by atoms with Crippen LogP contribution < -0.4 is 15.4 Å². The zero-order valence-corrected chi connectivity index (χ0v) is 14.6. The Morgan fingerprint density at radius 2 is 2.09 bits per heavy atom. The van der Waals surface area contributed by atoms with E-state index < -0.39 is 0 Å². The largest absolute Gasteiger partial charge is 0.491 e. The van der Waals surface area contributed by atoms with E-state index in [1.807, 2.05) is 24.3 Å². The predicted octanol–water partition coefficient (Wildman–Crippen LogP) is 3.83. The van der Waals surface area contributed by atoms with Gasteiger partial charge in [-0.05, 0) is 75.4 Å². The number of piperidine rings is 1. The minimum Gasteiger partial charge on any atom is -0.491 e. The van der Waals surface area contributed by atoms with Crippen molar-refractivity contribution in [2.75, 3.05) is 18.4 Å². The van der Waals surface area contributed by atoms with Crippen LogP contribution in [0.4, 0.5) is 5.69 Å². The monoisotopic (exact) mass is 318 g/mol. The van der Waals surface area contributed by atoms with Crippen molar-refractivity contribution in [1.29, 1.82) is 0 Å². The SMILES string of the molecule is CCC(C)Oc1ccc(NC(=O)CC(C)C2CCCNC2)cc1. The Morgan fingerprint density at radius 1 is 1.35 bits per heavy atom. The molecule has 0 aromatic heterocycles. The molecule has 0 aliphatic carbocycles. The van der Waals surface area contributed by atoms with Gasteiger partial charge in [0.05, 0.1) is 6.10 Å². The maximum atomic E-state index is 12.2. The van der Waals surface area contributed by atoms with E-state index in [2.05, 4.69) is 31.4 Å². The summed E-state index contributed by atoms with van der Waals surface area (Å²) in [4.78, 5) is 12.2. The molecule has 1 aliphatic heterocycles. The summed E-state index contributed by atoms with van der Waals surface area (Å²) >= 11 is 0. The van der Waals surface area contributed by atoms with Gasteiger partial charge < -0.3 is 15.4 Å². The molecule has 1 aromatic carbocycles. The Labute approximate surface area is 140 Å². The molecule has 1 heterocycles. The first-order valence-electron chi connectivity index (χ1n) is 8.85. The number of hydrogen-bond acceptors (Lipinski definition) is 3. The molecule has 23 heavy (non-hydrogen) atoms. The van der Waals surface area contributed by atoms with Gasteiger partial charge in [0.25, 0.3) is 0 Å². The second-order valence-corrected chi connectivity index (χ2v) is 6.70. The third-order valence-electron chi connectivity index (χ3n) is 4.70. The van der Waals surface area contributed by atoms with Crippen LogP contribution in [0.25, 0.3) is 0 Å². The van der Waals surface area contributed by atoms with Crippen LogP contribution in [0.1, 0.15) is 46.5 Å². The number of amides is 1. The molecule has 128 valence electrons.